The van der Waals surface area contributed by atoms with E-state index in [2.05, 4.69) is 22.2 Å². The van der Waals surface area contributed by atoms with Crippen LogP contribution in [0.15, 0.2) is 30.5 Å². The lowest BCUT2D eigenvalue weighted by molar-refractivity contribution is 0.0989. The van der Waals surface area contributed by atoms with Gasteiger partial charge in [0.1, 0.15) is 17.1 Å². The third kappa shape index (κ3) is 3.50. The van der Waals surface area contributed by atoms with Crippen molar-refractivity contribution in [2.45, 2.75) is 6.92 Å². The zero-order valence-corrected chi connectivity index (χ0v) is 14.5. The van der Waals surface area contributed by atoms with Gasteiger partial charge in [-0.2, -0.15) is 4.98 Å². The highest BCUT2D eigenvalue weighted by Crippen LogP contribution is 2.28. The first-order valence-corrected chi connectivity index (χ1v) is 8.30. The molecule has 7 nitrogen and oxygen atoms in total. The molecule has 1 N–H and O–H groups in total. The summed E-state index contributed by atoms with van der Waals surface area (Å²) < 4.78 is 5.44. The molecule has 1 amide bonds. The monoisotopic (exact) mass is 340 g/mol. The quantitative estimate of drug-likeness (QED) is 0.900. The molecular formula is C18H22N5O2. The minimum atomic E-state index is -0.117. The minimum Gasteiger partial charge on any atom is -0.494 e. The highest BCUT2D eigenvalue weighted by atomic mass is 16.5. The molecule has 1 aromatic carbocycles. The number of carbonyl (C=O) groups is 1. The van der Waals surface area contributed by atoms with Gasteiger partial charge in [-0.3, -0.25) is 4.79 Å². The van der Waals surface area contributed by atoms with E-state index in [1.807, 2.05) is 43.1 Å². The number of aromatic nitrogens is 2. The molecule has 3 rings (SSSR count). The second kappa shape index (κ2) is 7.38. The zero-order chi connectivity index (χ0) is 17.8. The predicted octanol–water partition coefficient (Wildman–Crippen LogP) is 2.22. The third-order valence-corrected chi connectivity index (χ3v) is 4.00. The molecule has 2 aromatic rings. The third-order valence-electron chi connectivity index (χ3n) is 4.00. The molecule has 0 spiro atoms. The number of likely N-dealkylation sites (N-methyl/N-ethyl adjacent to an activating group) is 1. The molecule has 131 valence electrons. The average molecular weight is 340 g/mol. The largest absolute Gasteiger partial charge is 0.494 e. The smallest absolute Gasteiger partial charge is 0.263 e. The van der Waals surface area contributed by atoms with E-state index in [0.717, 1.165) is 12.2 Å². The molecule has 0 saturated carbocycles. The van der Waals surface area contributed by atoms with Gasteiger partial charge in [-0.25, -0.2) is 4.98 Å². The van der Waals surface area contributed by atoms with Gasteiger partial charge in [0, 0.05) is 44.6 Å². The SMILES string of the molecule is [CH2]COc1cccc(N2CCN(C)c3nc(NCC)ncc3C2=O)c1. The Morgan fingerprint density at radius 1 is 1.36 bits per heavy atom. The molecule has 0 atom stereocenters. The van der Waals surface area contributed by atoms with Crippen LogP contribution in [-0.2, 0) is 0 Å². The highest BCUT2D eigenvalue weighted by molar-refractivity contribution is 6.09. The highest BCUT2D eigenvalue weighted by Gasteiger charge is 2.28. The standard InChI is InChI=1S/C18H22N5O2/c1-4-19-18-20-12-15-16(21-18)22(3)9-10-23(17(15)24)13-7-6-8-14(11-13)25-5-2/h6-8,11-12H,2,4-5,9-10H2,1,3H3,(H,19,20,21). The number of hydrogen-bond donors (Lipinski definition) is 1. The van der Waals surface area contributed by atoms with Gasteiger partial charge < -0.3 is 19.9 Å². The summed E-state index contributed by atoms with van der Waals surface area (Å²) in [7, 11) is 1.93. The molecule has 0 aliphatic carbocycles. The summed E-state index contributed by atoms with van der Waals surface area (Å²) in [5, 5.41) is 3.08. The number of anilines is 3. The van der Waals surface area contributed by atoms with Crippen LogP contribution in [0.2, 0.25) is 0 Å². The van der Waals surface area contributed by atoms with Crippen molar-refractivity contribution >= 4 is 23.4 Å². The Morgan fingerprint density at radius 2 is 2.20 bits per heavy atom. The number of nitrogens with one attached hydrogen (secondary N) is 1. The van der Waals surface area contributed by atoms with Crippen molar-refractivity contribution < 1.29 is 9.53 Å². The number of nitrogens with zero attached hydrogens (tertiary/aromatic N) is 4. The maximum absolute atomic E-state index is 13.1. The van der Waals surface area contributed by atoms with Crippen LogP contribution >= 0.6 is 0 Å². The van der Waals surface area contributed by atoms with E-state index in [-0.39, 0.29) is 5.91 Å². The maximum Gasteiger partial charge on any atom is 0.263 e. The van der Waals surface area contributed by atoms with Crippen LogP contribution in [0.5, 0.6) is 5.75 Å². The Balaban J connectivity index is 1.96. The fourth-order valence-electron chi connectivity index (χ4n) is 2.77. The first-order valence-electron chi connectivity index (χ1n) is 8.30. The van der Waals surface area contributed by atoms with Crippen molar-refractivity contribution in [3.63, 3.8) is 0 Å². The molecular weight excluding hydrogens is 318 g/mol. The van der Waals surface area contributed by atoms with Gasteiger partial charge in [0.05, 0.1) is 6.61 Å². The second-order valence-electron chi connectivity index (χ2n) is 5.69. The summed E-state index contributed by atoms with van der Waals surface area (Å²) >= 11 is 0. The van der Waals surface area contributed by atoms with Crippen LogP contribution in [0.1, 0.15) is 17.3 Å². The molecule has 25 heavy (non-hydrogen) atoms. The minimum absolute atomic E-state index is 0.117. The lowest BCUT2D eigenvalue weighted by atomic mass is 10.2. The van der Waals surface area contributed by atoms with Gasteiger partial charge >= 0.3 is 0 Å². The molecule has 0 bridgehead atoms. The summed E-state index contributed by atoms with van der Waals surface area (Å²) in [4.78, 5) is 25.5. The van der Waals surface area contributed by atoms with Crippen LogP contribution in [0.4, 0.5) is 17.5 Å². The van der Waals surface area contributed by atoms with Gasteiger partial charge in [-0.15, -0.1) is 0 Å². The molecule has 1 radical (unpaired) electrons. The Bertz CT molecular complexity index is 765. The van der Waals surface area contributed by atoms with Crippen LogP contribution in [0, 0.1) is 6.92 Å². The van der Waals surface area contributed by atoms with Crippen molar-refractivity contribution in [3.8, 4) is 5.75 Å². The van der Waals surface area contributed by atoms with Crippen molar-refractivity contribution in [1.29, 1.82) is 0 Å². The summed E-state index contributed by atoms with van der Waals surface area (Å²) in [6, 6.07) is 7.46. The van der Waals surface area contributed by atoms with E-state index in [1.165, 1.54) is 0 Å². The number of fused-ring (bicyclic) bond motifs is 1. The van der Waals surface area contributed by atoms with E-state index >= 15 is 0 Å². The Hall–Kier alpha value is -2.83. The molecule has 2 heterocycles. The molecule has 7 heteroatoms. The van der Waals surface area contributed by atoms with E-state index in [0.29, 0.717) is 42.8 Å². The Labute approximate surface area is 147 Å². The lowest BCUT2D eigenvalue weighted by Gasteiger charge is -2.21. The summed E-state index contributed by atoms with van der Waals surface area (Å²) in [6.45, 7) is 7.94. The average Bonchev–Trinajstić information content (AvgIpc) is 2.73. The fraction of sp³-hybridized carbons (Fsp3) is 0.333. The van der Waals surface area contributed by atoms with Crippen molar-refractivity contribution in [1.82, 2.24) is 9.97 Å². The second-order valence-corrected chi connectivity index (χ2v) is 5.69. The van der Waals surface area contributed by atoms with Crippen molar-refractivity contribution in [2.24, 2.45) is 0 Å². The van der Waals surface area contributed by atoms with Crippen LogP contribution in [0.25, 0.3) is 0 Å². The normalized spacial score (nSPS) is 14.1. The Kier molecular flexibility index (Phi) is 5.02. The molecule has 1 aliphatic heterocycles. The number of ether oxygens (including phenoxy) is 1. The number of hydrogen-bond acceptors (Lipinski definition) is 6. The summed E-state index contributed by atoms with van der Waals surface area (Å²) in [6.07, 6.45) is 1.59. The van der Waals surface area contributed by atoms with Gasteiger partial charge in [-0.05, 0) is 26.0 Å². The predicted molar refractivity (Wildman–Crippen MR) is 98.4 cm³/mol. The molecule has 0 saturated heterocycles. The van der Waals surface area contributed by atoms with E-state index < -0.39 is 0 Å². The van der Waals surface area contributed by atoms with Gasteiger partial charge in [0.2, 0.25) is 5.95 Å². The number of amides is 1. The number of carbonyl (C=O) groups excluding carboxylic acids is 1. The van der Waals surface area contributed by atoms with E-state index in [1.54, 1.807) is 11.1 Å². The zero-order valence-electron chi connectivity index (χ0n) is 14.5. The molecule has 0 fully saturated rings. The summed E-state index contributed by atoms with van der Waals surface area (Å²) in [5.74, 6) is 1.75. The van der Waals surface area contributed by atoms with Crippen molar-refractivity contribution in [3.05, 3.63) is 42.9 Å². The maximum atomic E-state index is 13.1. The van der Waals surface area contributed by atoms with Gasteiger partial charge in [0.15, 0.2) is 0 Å². The fourth-order valence-corrected chi connectivity index (χ4v) is 2.77. The van der Waals surface area contributed by atoms with Crippen LogP contribution in [0.3, 0.4) is 0 Å². The summed E-state index contributed by atoms with van der Waals surface area (Å²) in [5.41, 5.74) is 1.28. The topological polar surface area (TPSA) is 70.6 Å². The van der Waals surface area contributed by atoms with Gasteiger partial charge in [0.25, 0.3) is 5.91 Å². The first-order chi connectivity index (χ1) is 12.1. The first kappa shape index (κ1) is 17.0. The number of benzene rings is 1. The Morgan fingerprint density at radius 3 is 2.96 bits per heavy atom. The van der Waals surface area contributed by atoms with Crippen LogP contribution < -0.4 is 19.9 Å². The van der Waals surface area contributed by atoms with E-state index in [4.69, 9.17) is 4.74 Å². The van der Waals surface area contributed by atoms with E-state index in [9.17, 15) is 4.79 Å². The number of rotatable bonds is 5. The van der Waals surface area contributed by atoms with Gasteiger partial charge in [-0.1, -0.05) is 6.07 Å². The van der Waals surface area contributed by atoms with Crippen LogP contribution in [-0.4, -0.2) is 49.2 Å². The molecule has 0 unspecified atom stereocenters. The lowest BCUT2D eigenvalue weighted by Crippen LogP contribution is -2.33. The van der Waals surface area contributed by atoms with Crippen molar-refractivity contribution in [2.75, 3.05) is 48.4 Å². The molecule has 1 aromatic heterocycles. The molecule has 1 aliphatic rings.